The highest BCUT2D eigenvalue weighted by molar-refractivity contribution is 7.09. The molecule has 18 heavy (non-hydrogen) atoms. The topological polar surface area (TPSA) is 45.2 Å². The molecule has 1 fully saturated rings. The third-order valence-electron chi connectivity index (χ3n) is 3.06. The van der Waals surface area contributed by atoms with E-state index in [0.29, 0.717) is 12.6 Å². The molecule has 4 nitrogen and oxygen atoms in total. The van der Waals surface area contributed by atoms with Crippen LogP contribution in [0.5, 0.6) is 0 Å². The van der Waals surface area contributed by atoms with Crippen molar-refractivity contribution in [2.45, 2.75) is 52.2 Å². The average Bonchev–Trinajstić information content (AvgIpc) is 2.69. The standard InChI is InChI=1S/C13H21N3OS/c1-9(2)14-11-5-4-6-16(13(11)17)7-12-15-10(3)8-18-12/h8-9,11,14H,4-7H2,1-3H3. The Kier molecular flexibility index (Phi) is 4.35. The predicted molar refractivity (Wildman–Crippen MR) is 73.6 cm³/mol. The summed E-state index contributed by atoms with van der Waals surface area (Å²) in [6.45, 7) is 7.66. The Hall–Kier alpha value is -0.940. The van der Waals surface area contributed by atoms with Crippen molar-refractivity contribution >= 4 is 17.2 Å². The van der Waals surface area contributed by atoms with E-state index in [1.54, 1.807) is 11.3 Å². The quantitative estimate of drug-likeness (QED) is 0.907. The molecule has 1 aromatic heterocycles. The first kappa shape index (κ1) is 13.5. The Morgan fingerprint density at radius 2 is 2.39 bits per heavy atom. The molecule has 2 heterocycles. The van der Waals surface area contributed by atoms with Crippen LogP contribution < -0.4 is 5.32 Å². The van der Waals surface area contributed by atoms with Gasteiger partial charge in [0, 0.05) is 23.7 Å². The maximum atomic E-state index is 12.3. The molecule has 1 aliphatic heterocycles. The molecule has 1 atom stereocenters. The molecule has 1 unspecified atom stereocenters. The van der Waals surface area contributed by atoms with Crippen LogP contribution in [0.15, 0.2) is 5.38 Å². The van der Waals surface area contributed by atoms with E-state index in [9.17, 15) is 4.79 Å². The summed E-state index contributed by atoms with van der Waals surface area (Å²) in [6, 6.07) is 0.334. The van der Waals surface area contributed by atoms with Crippen molar-refractivity contribution < 1.29 is 4.79 Å². The van der Waals surface area contributed by atoms with Gasteiger partial charge < -0.3 is 10.2 Å². The van der Waals surface area contributed by atoms with Gasteiger partial charge in [-0.2, -0.15) is 0 Å². The Morgan fingerprint density at radius 1 is 1.61 bits per heavy atom. The number of nitrogens with one attached hydrogen (secondary N) is 1. The summed E-state index contributed by atoms with van der Waals surface area (Å²) in [7, 11) is 0. The van der Waals surface area contributed by atoms with Gasteiger partial charge >= 0.3 is 0 Å². The predicted octanol–water partition coefficient (Wildman–Crippen LogP) is 1.94. The zero-order valence-corrected chi connectivity index (χ0v) is 12.1. The minimum atomic E-state index is -0.0141. The fraction of sp³-hybridized carbons (Fsp3) is 0.692. The molecule has 2 rings (SSSR count). The first-order valence-electron chi connectivity index (χ1n) is 6.52. The Bertz CT molecular complexity index is 416. The summed E-state index contributed by atoms with van der Waals surface area (Å²) in [5.74, 6) is 0.225. The van der Waals surface area contributed by atoms with Crippen LogP contribution in [0.25, 0.3) is 0 Å². The van der Waals surface area contributed by atoms with Crippen LogP contribution in [0.1, 0.15) is 37.4 Å². The van der Waals surface area contributed by atoms with Gasteiger partial charge in [-0.25, -0.2) is 4.98 Å². The van der Waals surface area contributed by atoms with E-state index in [1.165, 1.54) is 0 Å². The Balaban J connectivity index is 1.98. The lowest BCUT2D eigenvalue weighted by molar-refractivity contribution is -0.136. The van der Waals surface area contributed by atoms with Gasteiger partial charge in [-0.05, 0) is 19.8 Å². The number of carbonyl (C=O) groups is 1. The van der Waals surface area contributed by atoms with Gasteiger partial charge in [0.25, 0.3) is 0 Å². The lowest BCUT2D eigenvalue weighted by atomic mass is 10.0. The normalized spacial score (nSPS) is 20.8. The molecule has 0 radical (unpaired) electrons. The molecule has 0 saturated carbocycles. The number of piperidine rings is 1. The third-order valence-corrected chi connectivity index (χ3v) is 4.01. The van der Waals surface area contributed by atoms with Crippen LogP contribution >= 0.6 is 11.3 Å². The fourth-order valence-electron chi connectivity index (χ4n) is 2.29. The van der Waals surface area contributed by atoms with Crippen molar-refractivity contribution in [3.63, 3.8) is 0 Å². The summed E-state index contributed by atoms with van der Waals surface area (Å²) in [5, 5.41) is 6.41. The molecule has 1 aromatic rings. The van der Waals surface area contributed by atoms with Crippen molar-refractivity contribution in [1.82, 2.24) is 15.2 Å². The van der Waals surface area contributed by atoms with Crippen molar-refractivity contribution in [3.05, 3.63) is 16.1 Å². The van der Waals surface area contributed by atoms with Crippen molar-refractivity contribution in [2.75, 3.05) is 6.54 Å². The molecule has 1 N–H and O–H groups in total. The van der Waals surface area contributed by atoms with Crippen LogP contribution in [-0.4, -0.2) is 34.4 Å². The highest BCUT2D eigenvalue weighted by atomic mass is 32.1. The lowest BCUT2D eigenvalue weighted by Gasteiger charge is -2.33. The average molecular weight is 267 g/mol. The largest absolute Gasteiger partial charge is 0.335 e. The second-order valence-electron chi connectivity index (χ2n) is 5.16. The summed E-state index contributed by atoms with van der Waals surface area (Å²) in [5.41, 5.74) is 1.04. The lowest BCUT2D eigenvalue weighted by Crippen LogP contribution is -2.51. The summed E-state index contributed by atoms with van der Waals surface area (Å²) >= 11 is 1.63. The fourth-order valence-corrected chi connectivity index (χ4v) is 3.08. The van der Waals surface area contributed by atoms with E-state index >= 15 is 0 Å². The number of aryl methyl sites for hydroxylation is 1. The van der Waals surface area contributed by atoms with Crippen LogP contribution in [0.3, 0.4) is 0 Å². The van der Waals surface area contributed by atoms with Gasteiger partial charge in [0.05, 0.1) is 12.6 Å². The van der Waals surface area contributed by atoms with Gasteiger partial charge in [-0.1, -0.05) is 13.8 Å². The van der Waals surface area contributed by atoms with E-state index in [2.05, 4.69) is 24.1 Å². The number of hydrogen-bond donors (Lipinski definition) is 1. The molecule has 1 saturated heterocycles. The molecule has 0 aromatic carbocycles. The minimum Gasteiger partial charge on any atom is -0.335 e. The Morgan fingerprint density at radius 3 is 3.00 bits per heavy atom. The van der Waals surface area contributed by atoms with Gasteiger partial charge in [0.2, 0.25) is 5.91 Å². The number of likely N-dealkylation sites (tertiary alicyclic amines) is 1. The molecule has 0 bridgehead atoms. The molecule has 1 aliphatic rings. The molecular weight excluding hydrogens is 246 g/mol. The number of aromatic nitrogens is 1. The number of hydrogen-bond acceptors (Lipinski definition) is 4. The number of nitrogens with zero attached hydrogens (tertiary/aromatic N) is 2. The molecule has 5 heteroatoms. The monoisotopic (exact) mass is 267 g/mol. The molecule has 1 amide bonds. The SMILES string of the molecule is Cc1csc(CN2CCCC(NC(C)C)C2=O)n1. The van der Waals surface area contributed by atoms with Gasteiger partial charge in [0.1, 0.15) is 5.01 Å². The highest BCUT2D eigenvalue weighted by Gasteiger charge is 2.29. The van der Waals surface area contributed by atoms with Gasteiger partial charge in [-0.3, -0.25) is 4.79 Å². The molecular formula is C13H21N3OS. The van der Waals surface area contributed by atoms with Crippen molar-refractivity contribution in [2.24, 2.45) is 0 Å². The van der Waals surface area contributed by atoms with E-state index < -0.39 is 0 Å². The zero-order chi connectivity index (χ0) is 13.1. The van der Waals surface area contributed by atoms with Crippen LogP contribution in [0.4, 0.5) is 0 Å². The van der Waals surface area contributed by atoms with E-state index in [4.69, 9.17) is 0 Å². The maximum absolute atomic E-state index is 12.3. The van der Waals surface area contributed by atoms with Gasteiger partial charge in [0.15, 0.2) is 0 Å². The second-order valence-corrected chi connectivity index (χ2v) is 6.10. The van der Waals surface area contributed by atoms with Gasteiger partial charge in [-0.15, -0.1) is 11.3 Å². The van der Waals surface area contributed by atoms with Crippen LogP contribution in [-0.2, 0) is 11.3 Å². The highest BCUT2D eigenvalue weighted by Crippen LogP contribution is 2.17. The molecule has 100 valence electrons. The van der Waals surface area contributed by atoms with E-state index in [-0.39, 0.29) is 11.9 Å². The third kappa shape index (κ3) is 3.29. The van der Waals surface area contributed by atoms with Crippen molar-refractivity contribution in [3.8, 4) is 0 Å². The van der Waals surface area contributed by atoms with Crippen molar-refractivity contribution in [1.29, 1.82) is 0 Å². The van der Waals surface area contributed by atoms with E-state index in [0.717, 1.165) is 30.1 Å². The number of amides is 1. The minimum absolute atomic E-state index is 0.0141. The second kappa shape index (κ2) is 5.80. The Labute approximate surface area is 112 Å². The van der Waals surface area contributed by atoms with Crippen LogP contribution in [0.2, 0.25) is 0 Å². The smallest absolute Gasteiger partial charge is 0.240 e. The number of rotatable bonds is 4. The zero-order valence-electron chi connectivity index (χ0n) is 11.3. The summed E-state index contributed by atoms with van der Waals surface area (Å²) < 4.78 is 0. The van der Waals surface area contributed by atoms with E-state index in [1.807, 2.05) is 17.2 Å². The first-order valence-corrected chi connectivity index (χ1v) is 7.40. The maximum Gasteiger partial charge on any atom is 0.240 e. The molecule has 0 aliphatic carbocycles. The number of carbonyl (C=O) groups excluding carboxylic acids is 1. The molecule has 0 spiro atoms. The summed E-state index contributed by atoms with van der Waals surface area (Å²) in [4.78, 5) is 18.7. The van der Waals surface area contributed by atoms with Crippen LogP contribution in [0, 0.1) is 6.92 Å². The number of thiazole rings is 1. The first-order chi connectivity index (χ1) is 8.56. The summed E-state index contributed by atoms with van der Waals surface area (Å²) in [6.07, 6.45) is 2.02.